The molecule has 0 radical (unpaired) electrons. The van der Waals surface area contributed by atoms with Gasteiger partial charge >= 0.3 is 0 Å². The molecule has 3 atom stereocenters. The minimum atomic E-state index is -2.04. The Kier molecular flexibility index (Phi) is 7.44. The molecule has 0 aromatic carbocycles. The second-order valence-corrected chi connectivity index (χ2v) is 16.6. The van der Waals surface area contributed by atoms with Gasteiger partial charge in [-0.15, -0.1) is 0 Å². The van der Waals surface area contributed by atoms with Crippen molar-refractivity contribution in [1.29, 1.82) is 0 Å². The van der Waals surface area contributed by atoms with Gasteiger partial charge in [0.1, 0.15) is 12.7 Å². The number of aliphatic imine (C=N–C) groups is 1. The Balaban J connectivity index is 3.18. The largest absolute Gasteiger partial charge is 0.475 e. The summed E-state index contributed by atoms with van der Waals surface area (Å²) in [5.41, 5.74) is -0.959. The normalized spacial score (nSPS) is 25.1. The smallest absolute Gasteiger partial charge is 0.266 e. The first kappa shape index (κ1) is 23.2. The number of aliphatic hydroxyl groups is 1. The molecule has 0 aromatic heterocycles. The molecule has 0 spiro atoms. The van der Waals surface area contributed by atoms with Crippen LogP contribution in [0.25, 0.3) is 0 Å². The Morgan fingerprint density at radius 1 is 1.25 bits per heavy atom. The van der Waals surface area contributed by atoms with Crippen molar-refractivity contribution < 1.29 is 14.3 Å². The zero-order valence-corrected chi connectivity index (χ0v) is 20.6. The average molecular weight is 531 g/mol. The van der Waals surface area contributed by atoms with Crippen LogP contribution < -0.4 is 0 Å². The van der Waals surface area contributed by atoms with Crippen molar-refractivity contribution in [3.8, 4) is 0 Å². The minimum Gasteiger partial charge on any atom is -0.475 e. The van der Waals surface area contributed by atoms with E-state index in [0.717, 1.165) is 0 Å². The van der Waals surface area contributed by atoms with E-state index in [2.05, 4.69) is 61.4 Å². The molecular formula is C15H27Cl3INO3Si. The Hall–Kier alpha value is 1.21. The number of halogens is 4. The molecule has 1 aliphatic heterocycles. The van der Waals surface area contributed by atoms with Crippen LogP contribution in [0.4, 0.5) is 0 Å². The van der Waals surface area contributed by atoms with Crippen LogP contribution in [0.15, 0.2) is 4.99 Å². The SMILES string of the molecule is CC(C)(O)[C@@H](I)[C@@H]1N=C(C(Cl)(Cl)Cl)OC[C@H]1O[Si](C)(C)C(C)(C)C. The summed E-state index contributed by atoms with van der Waals surface area (Å²) < 4.78 is 10.1. The summed E-state index contributed by atoms with van der Waals surface area (Å²) >= 11 is 20.0. The zero-order valence-electron chi connectivity index (χ0n) is 15.2. The van der Waals surface area contributed by atoms with Gasteiger partial charge in [-0.2, -0.15) is 0 Å². The van der Waals surface area contributed by atoms with Gasteiger partial charge in [-0.05, 0) is 32.0 Å². The Morgan fingerprint density at radius 3 is 2.12 bits per heavy atom. The van der Waals surface area contributed by atoms with Crippen LogP contribution in [0, 0.1) is 0 Å². The zero-order chi connectivity index (χ0) is 19.1. The molecular weight excluding hydrogens is 504 g/mol. The lowest BCUT2D eigenvalue weighted by molar-refractivity contribution is 0.0273. The van der Waals surface area contributed by atoms with Gasteiger partial charge in [0.25, 0.3) is 3.79 Å². The second kappa shape index (κ2) is 7.68. The molecule has 0 amide bonds. The number of hydrogen-bond acceptors (Lipinski definition) is 4. The first-order chi connectivity index (χ1) is 10.5. The lowest BCUT2D eigenvalue weighted by atomic mass is 9.95. The van der Waals surface area contributed by atoms with Crippen molar-refractivity contribution in [2.75, 3.05) is 6.61 Å². The van der Waals surface area contributed by atoms with Crippen LogP contribution in [0.2, 0.25) is 18.1 Å². The third-order valence-corrected chi connectivity index (χ3v) is 11.8. The molecule has 0 saturated carbocycles. The van der Waals surface area contributed by atoms with Crippen molar-refractivity contribution in [2.24, 2.45) is 4.99 Å². The molecule has 24 heavy (non-hydrogen) atoms. The van der Waals surface area contributed by atoms with E-state index < -0.39 is 17.7 Å². The van der Waals surface area contributed by atoms with Gasteiger partial charge in [0, 0.05) is 0 Å². The van der Waals surface area contributed by atoms with Crippen molar-refractivity contribution in [2.45, 2.75) is 78.2 Å². The van der Waals surface area contributed by atoms with Gasteiger partial charge in [0.05, 0.1) is 15.6 Å². The van der Waals surface area contributed by atoms with Gasteiger partial charge in [0.2, 0.25) is 5.90 Å². The first-order valence-electron chi connectivity index (χ1n) is 7.79. The standard InChI is InChI=1S/C15H27Cl3INO3Si/c1-13(2,3)24(6,7)23-9-8-22-12(15(16,17)18)20-10(9)11(19)14(4,5)21/h9-11,21H,8H2,1-7H3/t9-,10-,11+/m1/s1. The highest BCUT2D eigenvalue weighted by Crippen LogP contribution is 2.40. The van der Waals surface area contributed by atoms with E-state index in [1.54, 1.807) is 13.8 Å². The lowest BCUT2D eigenvalue weighted by Gasteiger charge is -2.44. The number of rotatable bonds is 4. The summed E-state index contributed by atoms with van der Waals surface area (Å²) in [5, 5.41) is 10.5. The van der Waals surface area contributed by atoms with E-state index in [-0.39, 0.29) is 33.6 Å². The fraction of sp³-hybridized carbons (Fsp3) is 0.933. The van der Waals surface area contributed by atoms with E-state index in [0.29, 0.717) is 0 Å². The molecule has 0 aliphatic carbocycles. The van der Waals surface area contributed by atoms with Crippen molar-refractivity contribution in [3.05, 3.63) is 0 Å². The molecule has 142 valence electrons. The van der Waals surface area contributed by atoms with Crippen LogP contribution in [-0.2, 0) is 9.16 Å². The van der Waals surface area contributed by atoms with E-state index >= 15 is 0 Å². The quantitative estimate of drug-likeness (QED) is 0.312. The van der Waals surface area contributed by atoms with Crippen LogP contribution >= 0.6 is 57.4 Å². The highest BCUT2D eigenvalue weighted by Gasteiger charge is 2.47. The molecule has 1 rings (SSSR count). The first-order valence-corrected chi connectivity index (χ1v) is 13.1. The van der Waals surface area contributed by atoms with E-state index in [4.69, 9.17) is 44.0 Å². The third kappa shape index (κ3) is 5.86. The fourth-order valence-electron chi connectivity index (χ4n) is 2.00. The number of nitrogens with zero attached hydrogens (tertiary/aromatic N) is 1. The third-order valence-electron chi connectivity index (χ3n) is 4.50. The molecule has 0 unspecified atom stereocenters. The summed E-state index contributed by atoms with van der Waals surface area (Å²) in [6.45, 7) is 14.6. The minimum absolute atomic E-state index is 0.0479. The van der Waals surface area contributed by atoms with Gasteiger partial charge in [-0.1, -0.05) is 78.2 Å². The van der Waals surface area contributed by atoms with E-state index in [1.807, 2.05) is 0 Å². The monoisotopic (exact) mass is 529 g/mol. The van der Waals surface area contributed by atoms with Crippen molar-refractivity contribution in [3.63, 3.8) is 0 Å². The summed E-state index contributed by atoms with van der Waals surface area (Å²) in [5.74, 6) is 0.0542. The molecule has 1 aliphatic rings. The van der Waals surface area contributed by atoms with Gasteiger partial charge < -0.3 is 14.3 Å². The number of alkyl halides is 4. The fourth-order valence-corrected chi connectivity index (χ4v) is 4.25. The van der Waals surface area contributed by atoms with Crippen LogP contribution in [0.3, 0.4) is 0 Å². The molecule has 9 heteroatoms. The molecule has 1 N–H and O–H groups in total. The van der Waals surface area contributed by atoms with Gasteiger partial charge in [-0.25, -0.2) is 4.99 Å². The van der Waals surface area contributed by atoms with Gasteiger partial charge in [0.15, 0.2) is 8.32 Å². The molecule has 1 heterocycles. The van der Waals surface area contributed by atoms with Crippen molar-refractivity contribution >= 4 is 71.6 Å². The number of hydrogen-bond donors (Lipinski definition) is 1. The topological polar surface area (TPSA) is 51.1 Å². The van der Waals surface area contributed by atoms with E-state index in [1.165, 1.54) is 0 Å². The second-order valence-electron chi connectivity index (χ2n) is 8.21. The lowest BCUT2D eigenvalue weighted by Crippen LogP contribution is -2.56. The Morgan fingerprint density at radius 2 is 1.75 bits per heavy atom. The van der Waals surface area contributed by atoms with Crippen LogP contribution in [0.5, 0.6) is 0 Å². The van der Waals surface area contributed by atoms with Gasteiger partial charge in [-0.3, -0.25) is 0 Å². The van der Waals surface area contributed by atoms with Crippen molar-refractivity contribution in [1.82, 2.24) is 0 Å². The maximum Gasteiger partial charge on any atom is 0.266 e. The maximum absolute atomic E-state index is 10.4. The maximum atomic E-state index is 10.4. The molecule has 0 aromatic rings. The predicted molar refractivity (Wildman–Crippen MR) is 114 cm³/mol. The molecule has 0 saturated heterocycles. The summed E-state index contributed by atoms with van der Waals surface area (Å²) in [6, 6.07) is -0.362. The molecule has 4 nitrogen and oxygen atoms in total. The highest BCUT2D eigenvalue weighted by atomic mass is 127. The predicted octanol–water partition coefficient (Wildman–Crippen LogP) is 5.12. The number of ether oxygens (including phenoxy) is 1. The highest BCUT2D eigenvalue weighted by molar-refractivity contribution is 14.1. The Labute approximate surface area is 174 Å². The van der Waals surface area contributed by atoms with Crippen LogP contribution in [-0.4, -0.2) is 51.4 Å². The Bertz CT molecular complexity index is 484. The molecule has 0 fully saturated rings. The van der Waals surface area contributed by atoms with E-state index in [9.17, 15) is 5.11 Å². The summed E-state index contributed by atoms with van der Waals surface area (Å²) in [6.07, 6.45) is -0.296. The summed E-state index contributed by atoms with van der Waals surface area (Å²) in [4.78, 5) is 4.50. The summed E-state index contributed by atoms with van der Waals surface area (Å²) in [7, 11) is -2.04. The molecule has 0 bridgehead atoms. The van der Waals surface area contributed by atoms with Crippen LogP contribution in [0.1, 0.15) is 34.6 Å². The average Bonchev–Trinajstić information content (AvgIpc) is 2.34.